The Kier molecular flexibility index (Phi) is 7.20. The van der Waals surface area contributed by atoms with E-state index in [0.717, 1.165) is 10.4 Å². The van der Waals surface area contributed by atoms with Crippen LogP contribution in [-0.4, -0.2) is 32.2 Å². The van der Waals surface area contributed by atoms with E-state index in [9.17, 15) is 9.59 Å². The fourth-order valence-corrected chi connectivity index (χ4v) is 4.32. The summed E-state index contributed by atoms with van der Waals surface area (Å²) in [5, 5.41) is 3.75. The Labute approximate surface area is 189 Å². The van der Waals surface area contributed by atoms with E-state index in [-0.39, 0.29) is 5.56 Å². The number of methoxy groups -OCH3 is 2. The molecule has 162 valence electrons. The lowest BCUT2D eigenvalue weighted by atomic mass is 10.0. The van der Waals surface area contributed by atoms with Gasteiger partial charge in [-0.2, -0.15) is 0 Å². The van der Waals surface area contributed by atoms with E-state index in [1.807, 2.05) is 13.0 Å². The Balaban J connectivity index is 1.89. The number of halogens is 1. The van der Waals surface area contributed by atoms with Gasteiger partial charge < -0.3 is 19.5 Å². The molecule has 1 N–H and O–H groups in total. The van der Waals surface area contributed by atoms with Crippen LogP contribution in [0.15, 0.2) is 48.5 Å². The molecule has 3 rings (SSSR count). The molecule has 0 aliphatic rings. The van der Waals surface area contributed by atoms with Crippen molar-refractivity contribution in [3.05, 3.63) is 64.0 Å². The molecule has 0 saturated carbocycles. The number of carbonyl (C=O) groups is 2. The smallest absolute Gasteiger partial charge is 0.341 e. The third kappa shape index (κ3) is 5.18. The number of anilines is 1. The van der Waals surface area contributed by atoms with E-state index in [1.165, 1.54) is 18.4 Å². The summed E-state index contributed by atoms with van der Waals surface area (Å²) in [6.45, 7) is 3.50. The summed E-state index contributed by atoms with van der Waals surface area (Å²) >= 11 is 7.43. The molecule has 0 saturated heterocycles. The zero-order chi connectivity index (χ0) is 22.5. The molecule has 0 aliphatic heterocycles. The molecule has 2 aromatic carbocycles. The van der Waals surface area contributed by atoms with Gasteiger partial charge in [0.15, 0.2) is 6.10 Å². The molecule has 3 aromatic rings. The predicted octanol–water partition coefficient (Wildman–Crippen LogP) is 5.58. The highest BCUT2D eigenvalue weighted by Crippen LogP contribution is 2.41. The summed E-state index contributed by atoms with van der Waals surface area (Å²) in [4.78, 5) is 26.3. The minimum atomic E-state index is -0.811. The van der Waals surface area contributed by atoms with Crippen molar-refractivity contribution in [1.82, 2.24) is 0 Å². The Morgan fingerprint density at radius 1 is 1.06 bits per heavy atom. The summed E-state index contributed by atoms with van der Waals surface area (Å²) in [7, 11) is 2.86. The number of carbonyl (C=O) groups excluding carboxylic acids is 2. The maximum absolute atomic E-state index is 12.8. The van der Waals surface area contributed by atoms with Crippen molar-refractivity contribution < 1.29 is 23.8 Å². The van der Waals surface area contributed by atoms with Crippen LogP contribution in [0, 0.1) is 6.92 Å². The zero-order valence-corrected chi connectivity index (χ0v) is 19.1. The topological polar surface area (TPSA) is 73.9 Å². The first-order chi connectivity index (χ1) is 14.8. The standard InChI is InChI=1S/C23H22ClNO5S/c1-13(30-18-10-6-9-17(12-18)28-3)21(26)25-22-20(23(27)29-4)19(14(2)31-22)15-7-5-8-16(24)11-15/h5-13H,1-4H3,(H,25,26). The van der Waals surface area contributed by atoms with Gasteiger partial charge in [0.1, 0.15) is 22.1 Å². The highest BCUT2D eigenvalue weighted by atomic mass is 35.5. The summed E-state index contributed by atoms with van der Waals surface area (Å²) < 4.78 is 15.9. The van der Waals surface area contributed by atoms with Crippen molar-refractivity contribution in [3.63, 3.8) is 0 Å². The lowest BCUT2D eigenvalue weighted by molar-refractivity contribution is -0.122. The van der Waals surface area contributed by atoms with Gasteiger partial charge in [-0.1, -0.05) is 29.8 Å². The Morgan fingerprint density at radius 3 is 2.45 bits per heavy atom. The average molecular weight is 460 g/mol. The predicted molar refractivity (Wildman–Crippen MR) is 123 cm³/mol. The van der Waals surface area contributed by atoms with E-state index in [4.69, 9.17) is 25.8 Å². The first kappa shape index (κ1) is 22.7. The summed E-state index contributed by atoms with van der Waals surface area (Å²) in [5.41, 5.74) is 1.73. The number of rotatable bonds is 7. The van der Waals surface area contributed by atoms with Gasteiger partial charge in [0.2, 0.25) is 0 Å². The van der Waals surface area contributed by atoms with Gasteiger partial charge in [-0.3, -0.25) is 4.79 Å². The second-order valence-corrected chi connectivity index (χ2v) is 8.33. The molecule has 1 atom stereocenters. The van der Waals surface area contributed by atoms with Crippen molar-refractivity contribution in [1.29, 1.82) is 0 Å². The number of hydrogen-bond donors (Lipinski definition) is 1. The molecule has 6 nitrogen and oxygen atoms in total. The largest absolute Gasteiger partial charge is 0.497 e. The summed E-state index contributed by atoms with van der Waals surface area (Å²) in [6.07, 6.45) is -0.811. The normalized spacial score (nSPS) is 11.5. The van der Waals surface area contributed by atoms with Crippen molar-refractivity contribution in [2.24, 2.45) is 0 Å². The van der Waals surface area contributed by atoms with Gasteiger partial charge in [0, 0.05) is 21.5 Å². The van der Waals surface area contributed by atoms with Crippen LogP contribution >= 0.6 is 22.9 Å². The van der Waals surface area contributed by atoms with E-state index in [0.29, 0.717) is 27.1 Å². The first-order valence-corrected chi connectivity index (χ1v) is 10.6. The number of hydrogen-bond acceptors (Lipinski definition) is 6. The molecule has 8 heteroatoms. The lowest BCUT2D eigenvalue weighted by Crippen LogP contribution is -2.30. The van der Waals surface area contributed by atoms with E-state index in [2.05, 4.69) is 5.32 Å². The van der Waals surface area contributed by atoms with Crippen LogP contribution < -0.4 is 14.8 Å². The van der Waals surface area contributed by atoms with Crippen LogP contribution in [0.3, 0.4) is 0 Å². The fourth-order valence-electron chi connectivity index (χ4n) is 3.07. The van der Waals surface area contributed by atoms with Gasteiger partial charge in [-0.15, -0.1) is 11.3 Å². The van der Waals surface area contributed by atoms with Gasteiger partial charge in [-0.05, 0) is 43.7 Å². The molecule has 1 aromatic heterocycles. The van der Waals surface area contributed by atoms with Crippen molar-refractivity contribution in [2.75, 3.05) is 19.5 Å². The maximum atomic E-state index is 12.8. The van der Waals surface area contributed by atoms with E-state index >= 15 is 0 Å². The van der Waals surface area contributed by atoms with Crippen LogP contribution in [0.1, 0.15) is 22.2 Å². The molecular formula is C23H22ClNO5S. The molecule has 31 heavy (non-hydrogen) atoms. The third-order valence-electron chi connectivity index (χ3n) is 4.55. The van der Waals surface area contributed by atoms with E-state index in [1.54, 1.807) is 56.5 Å². The first-order valence-electron chi connectivity index (χ1n) is 9.43. The van der Waals surface area contributed by atoms with Gasteiger partial charge in [-0.25, -0.2) is 4.79 Å². The molecule has 0 spiro atoms. The van der Waals surface area contributed by atoms with Crippen LogP contribution in [0.25, 0.3) is 11.1 Å². The second kappa shape index (κ2) is 9.85. The highest BCUT2D eigenvalue weighted by Gasteiger charge is 2.27. The molecule has 1 amide bonds. The van der Waals surface area contributed by atoms with Crippen molar-refractivity contribution in [2.45, 2.75) is 20.0 Å². The summed E-state index contributed by atoms with van der Waals surface area (Å²) in [6, 6.07) is 14.2. The van der Waals surface area contributed by atoms with Gasteiger partial charge >= 0.3 is 5.97 Å². The quantitative estimate of drug-likeness (QED) is 0.467. The molecule has 0 aliphatic carbocycles. The highest BCUT2D eigenvalue weighted by molar-refractivity contribution is 7.17. The molecule has 0 radical (unpaired) electrons. The maximum Gasteiger partial charge on any atom is 0.341 e. The average Bonchev–Trinajstić information content (AvgIpc) is 3.08. The van der Waals surface area contributed by atoms with Gasteiger partial charge in [0.25, 0.3) is 5.91 Å². The minimum absolute atomic E-state index is 0.286. The van der Waals surface area contributed by atoms with Crippen molar-refractivity contribution >= 4 is 39.8 Å². The number of thiophene rings is 1. The number of esters is 1. The molecular weight excluding hydrogens is 438 g/mol. The summed E-state index contributed by atoms with van der Waals surface area (Å²) in [5.74, 6) is 0.179. The van der Waals surface area contributed by atoms with Crippen LogP contribution in [0.4, 0.5) is 5.00 Å². The zero-order valence-electron chi connectivity index (χ0n) is 17.5. The minimum Gasteiger partial charge on any atom is -0.497 e. The SMILES string of the molecule is COC(=O)c1c(NC(=O)C(C)Oc2cccc(OC)c2)sc(C)c1-c1cccc(Cl)c1. The molecule has 0 fully saturated rings. The van der Waals surface area contributed by atoms with Crippen LogP contribution in [0.5, 0.6) is 11.5 Å². The number of amides is 1. The fraction of sp³-hybridized carbons (Fsp3) is 0.217. The number of ether oxygens (including phenoxy) is 3. The number of nitrogens with one attached hydrogen (secondary N) is 1. The molecule has 1 heterocycles. The van der Waals surface area contributed by atoms with Crippen LogP contribution in [0.2, 0.25) is 5.02 Å². The van der Waals surface area contributed by atoms with Crippen LogP contribution in [-0.2, 0) is 9.53 Å². The third-order valence-corrected chi connectivity index (χ3v) is 5.80. The van der Waals surface area contributed by atoms with Crippen molar-refractivity contribution in [3.8, 4) is 22.6 Å². The Hall–Kier alpha value is -3.03. The molecule has 0 bridgehead atoms. The van der Waals surface area contributed by atoms with E-state index < -0.39 is 18.0 Å². The molecule has 1 unspecified atom stereocenters. The Morgan fingerprint density at radius 2 is 1.77 bits per heavy atom. The lowest BCUT2D eigenvalue weighted by Gasteiger charge is -2.15. The Bertz CT molecular complexity index is 1110. The van der Waals surface area contributed by atoms with Gasteiger partial charge in [0.05, 0.1) is 14.2 Å². The monoisotopic (exact) mass is 459 g/mol. The second-order valence-electron chi connectivity index (χ2n) is 6.67. The number of aryl methyl sites for hydroxylation is 1. The number of benzene rings is 2.